The molecule has 0 saturated carbocycles. The lowest BCUT2D eigenvalue weighted by Gasteiger charge is -2.13. The third kappa shape index (κ3) is 1.89. The van der Waals surface area contributed by atoms with Crippen LogP contribution in [0.4, 0.5) is 0 Å². The van der Waals surface area contributed by atoms with Gasteiger partial charge in [-0.05, 0) is 30.7 Å². The summed E-state index contributed by atoms with van der Waals surface area (Å²) in [6.45, 7) is 1.81. The predicted molar refractivity (Wildman–Crippen MR) is 84.5 cm³/mol. The van der Waals surface area contributed by atoms with Crippen molar-refractivity contribution in [1.29, 1.82) is 0 Å². The molecule has 0 bridgehead atoms. The summed E-state index contributed by atoms with van der Waals surface area (Å²) >= 11 is 6.09. The van der Waals surface area contributed by atoms with Crippen LogP contribution in [0.5, 0.6) is 17.2 Å². The van der Waals surface area contributed by atoms with Crippen molar-refractivity contribution in [3.05, 3.63) is 39.0 Å². The molecular formula is C16H13ClO5. The van der Waals surface area contributed by atoms with Crippen LogP contribution in [0.2, 0.25) is 5.02 Å². The van der Waals surface area contributed by atoms with Crippen LogP contribution in [0, 0.1) is 6.92 Å². The first-order valence-corrected chi connectivity index (χ1v) is 6.87. The Kier molecular flexibility index (Phi) is 3.37. The number of benzene rings is 2. The number of phenols is 1. The monoisotopic (exact) mass is 320 g/mol. The fourth-order valence-electron chi connectivity index (χ4n) is 2.56. The molecule has 6 heteroatoms. The van der Waals surface area contributed by atoms with Gasteiger partial charge in [-0.2, -0.15) is 0 Å². The second-order valence-corrected chi connectivity index (χ2v) is 5.24. The maximum absolute atomic E-state index is 12.8. The highest BCUT2D eigenvalue weighted by molar-refractivity contribution is 6.35. The number of aryl methyl sites for hydroxylation is 1. The average molecular weight is 321 g/mol. The van der Waals surface area contributed by atoms with Crippen LogP contribution >= 0.6 is 11.6 Å². The fraction of sp³-hybridized carbons (Fsp3) is 0.188. The van der Waals surface area contributed by atoms with E-state index in [1.165, 1.54) is 26.4 Å². The number of phenolic OH excluding ortho intramolecular Hbond substituents is 1. The first-order valence-electron chi connectivity index (χ1n) is 6.49. The third-order valence-electron chi connectivity index (χ3n) is 3.56. The molecule has 0 amide bonds. The highest BCUT2D eigenvalue weighted by Gasteiger charge is 2.21. The molecule has 0 aliphatic carbocycles. The van der Waals surface area contributed by atoms with E-state index in [1.54, 1.807) is 6.07 Å². The summed E-state index contributed by atoms with van der Waals surface area (Å²) in [6.07, 6.45) is 0. The number of ether oxygens (including phenoxy) is 2. The van der Waals surface area contributed by atoms with Crippen LogP contribution in [-0.4, -0.2) is 19.3 Å². The lowest BCUT2D eigenvalue weighted by atomic mass is 10.1. The van der Waals surface area contributed by atoms with E-state index in [0.717, 1.165) is 5.56 Å². The molecule has 5 nitrogen and oxygen atoms in total. The second-order valence-electron chi connectivity index (χ2n) is 4.83. The molecule has 0 fully saturated rings. The summed E-state index contributed by atoms with van der Waals surface area (Å²) in [5.41, 5.74) is 0.687. The van der Waals surface area contributed by atoms with E-state index in [4.69, 9.17) is 25.5 Å². The van der Waals surface area contributed by atoms with Crippen LogP contribution in [0.15, 0.2) is 27.4 Å². The number of rotatable bonds is 2. The first-order chi connectivity index (χ1) is 10.5. The van der Waals surface area contributed by atoms with Gasteiger partial charge in [-0.1, -0.05) is 11.6 Å². The molecule has 1 aromatic heterocycles. The second kappa shape index (κ2) is 5.10. The summed E-state index contributed by atoms with van der Waals surface area (Å²) in [6, 6.07) is 4.50. The molecule has 0 aliphatic heterocycles. The standard InChI is InChI=1S/C16H13ClO5/c1-7-6-10(20-2)12-13(19)11-9(18)5-4-8(17)15(11)22-16(12)14(7)21-3/h4-6,18H,1-3H3. The Morgan fingerprint density at radius 1 is 1.14 bits per heavy atom. The number of fused-ring (bicyclic) bond motifs is 2. The van der Waals surface area contributed by atoms with Crippen LogP contribution in [0.25, 0.3) is 21.9 Å². The number of hydrogen-bond acceptors (Lipinski definition) is 5. The van der Waals surface area contributed by atoms with Gasteiger partial charge in [-0.25, -0.2) is 0 Å². The van der Waals surface area contributed by atoms with E-state index < -0.39 is 5.43 Å². The number of aromatic hydroxyl groups is 1. The minimum atomic E-state index is -0.425. The van der Waals surface area contributed by atoms with Crippen LogP contribution in [0.3, 0.4) is 0 Å². The Balaban J connectivity index is 2.68. The molecule has 0 saturated heterocycles. The zero-order valence-electron chi connectivity index (χ0n) is 12.2. The lowest BCUT2D eigenvalue weighted by Crippen LogP contribution is -2.06. The van der Waals surface area contributed by atoms with Crippen molar-refractivity contribution in [3.8, 4) is 17.2 Å². The molecule has 0 spiro atoms. The molecule has 114 valence electrons. The molecule has 1 N–H and O–H groups in total. The maximum Gasteiger partial charge on any atom is 0.208 e. The van der Waals surface area contributed by atoms with Gasteiger partial charge in [0.2, 0.25) is 5.43 Å². The number of methoxy groups -OCH3 is 2. The third-order valence-corrected chi connectivity index (χ3v) is 3.85. The minimum Gasteiger partial charge on any atom is -0.507 e. The molecule has 3 aromatic rings. The highest BCUT2D eigenvalue weighted by Crippen LogP contribution is 2.39. The van der Waals surface area contributed by atoms with Gasteiger partial charge in [0.05, 0.1) is 19.2 Å². The predicted octanol–water partition coefficient (Wildman–Crippen LogP) is 3.63. The maximum atomic E-state index is 12.8. The summed E-state index contributed by atoms with van der Waals surface area (Å²) in [5.74, 6) is 0.578. The quantitative estimate of drug-likeness (QED) is 0.730. The van der Waals surface area contributed by atoms with Crippen molar-refractivity contribution in [1.82, 2.24) is 0 Å². The lowest BCUT2D eigenvalue weighted by molar-refractivity contribution is 0.400. The summed E-state index contributed by atoms with van der Waals surface area (Å²) in [7, 11) is 2.95. The molecule has 1 heterocycles. The summed E-state index contributed by atoms with van der Waals surface area (Å²) < 4.78 is 16.4. The van der Waals surface area contributed by atoms with Gasteiger partial charge in [0.15, 0.2) is 16.9 Å². The van der Waals surface area contributed by atoms with Gasteiger partial charge in [0, 0.05) is 0 Å². The normalized spacial score (nSPS) is 11.1. The summed E-state index contributed by atoms with van der Waals surface area (Å²) in [5, 5.41) is 10.4. The number of hydrogen-bond donors (Lipinski definition) is 1. The van der Waals surface area contributed by atoms with E-state index in [1.807, 2.05) is 6.92 Å². The van der Waals surface area contributed by atoms with E-state index in [0.29, 0.717) is 11.5 Å². The molecule has 3 rings (SSSR count). The molecule has 0 unspecified atom stereocenters. The molecule has 0 aliphatic rings. The van der Waals surface area contributed by atoms with Crippen molar-refractivity contribution >= 4 is 33.5 Å². The van der Waals surface area contributed by atoms with Crippen LogP contribution < -0.4 is 14.9 Å². The molecule has 0 atom stereocenters. The van der Waals surface area contributed by atoms with Gasteiger partial charge >= 0.3 is 0 Å². The van der Waals surface area contributed by atoms with Crippen molar-refractivity contribution < 1.29 is 19.0 Å². The number of halogens is 1. The van der Waals surface area contributed by atoms with Gasteiger partial charge in [0.1, 0.15) is 22.3 Å². The van der Waals surface area contributed by atoms with Gasteiger partial charge < -0.3 is 19.0 Å². The van der Waals surface area contributed by atoms with Crippen molar-refractivity contribution in [2.45, 2.75) is 6.92 Å². The first kappa shape index (κ1) is 14.5. The zero-order chi connectivity index (χ0) is 16.0. The van der Waals surface area contributed by atoms with E-state index >= 15 is 0 Å². The minimum absolute atomic E-state index is 0.0178. The molecular weight excluding hydrogens is 308 g/mol. The van der Waals surface area contributed by atoms with Crippen molar-refractivity contribution in [2.75, 3.05) is 14.2 Å². The topological polar surface area (TPSA) is 68.9 Å². The zero-order valence-corrected chi connectivity index (χ0v) is 12.9. The Morgan fingerprint density at radius 3 is 2.50 bits per heavy atom. The van der Waals surface area contributed by atoms with E-state index in [2.05, 4.69) is 0 Å². The molecule has 0 radical (unpaired) electrons. The molecule has 22 heavy (non-hydrogen) atoms. The Morgan fingerprint density at radius 2 is 1.86 bits per heavy atom. The highest BCUT2D eigenvalue weighted by atomic mass is 35.5. The fourth-order valence-corrected chi connectivity index (χ4v) is 2.76. The Hall–Kier alpha value is -2.40. The van der Waals surface area contributed by atoms with Crippen molar-refractivity contribution in [3.63, 3.8) is 0 Å². The van der Waals surface area contributed by atoms with E-state index in [9.17, 15) is 9.90 Å². The smallest absolute Gasteiger partial charge is 0.208 e. The van der Waals surface area contributed by atoms with Gasteiger partial charge in [-0.15, -0.1) is 0 Å². The van der Waals surface area contributed by atoms with Gasteiger partial charge in [-0.3, -0.25) is 4.79 Å². The van der Waals surface area contributed by atoms with E-state index in [-0.39, 0.29) is 32.7 Å². The summed E-state index contributed by atoms with van der Waals surface area (Å²) in [4.78, 5) is 12.8. The van der Waals surface area contributed by atoms with Crippen molar-refractivity contribution in [2.24, 2.45) is 0 Å². The molecule has 2 aromatic carbocycles. The Labute approximate surface area is 130 Å². The largest absolute Gasteiger partial charge is 0.507 e. The average Bonchev–Trinajstić information content (AvgIpc) is 2.50. The van der Waals surface area contributed by atoms with Crippen LogP contribution in [-0.2, 0) is 0 Å². The van der Waals surface area contributed by atoms with Gasteiger partial charge in [0.25, 0.3) is 0 Å². The van der Waals surface area contributed by atoms with Crippen LogP contribution in [0.1, 0.15) is 5.56 Å². The SMILES string of the molecule is COc1c(C)cc(OC)c2c(=O)c3c(O)ccc(Cl)c3oc12. The Bertz CT molecular complexity index is 959.